The normalized spacial score (nSPS) is 23.8. The smallest absolute Gasteiger partial charge is 0.380 e. The van der Waals surface area contributed by atoms with E-state index in [0.717, 1.165) is 28.5 Å². The van der Waals surface area contributed by atoms with Gasteiger partial charge in [-0.2, -0.15) is 18.2 Å². The zero-order chi connectivity index (χ0) is 35.6. The Morgan fingerprint density at radius 3 is 2.23 bits per heavy atom. The summed E-state index contributed by atoms with van der Waals surface area (Å²) in [4.78, 5) is 30.9. The molecule has 1 N–H and O–H groups in total. The van der Waals surface area contributed by atoms with Gasteiger partial charge in [0.25, 0.3) is 0 Å². The van der Waals surface area contributed by atoms with Gasteiger partial charge in [0.1, 0.15) is 25.3 Å². The molecule has 0 bridgehead atoms. The van der Waals surface area contributed by atoms with Crippen LogP contribution < -0.4 is 10.6 Å². The van der Waals surface area contributed by atoms with E-state index < -0.39 is 84.4 Å². The van der Waals surface area contributed by atoms with Crippen molar-refractivity contribution in [1.82, 2.24) is 14.5 Å². The predicted octanol–water partition coefficient (Wildman–Crippen LogP) is 0.104. The summed E-state index contributed by atoms with van der Waals surface area (Å²) >= 11 is 0.855. The van der Waals surface area contributed by atoms with Crippen molar-refractivity contribution >= 4 is 89.3 Å². The summed E-state index contributed by atoms with van der Waals surface area (Å²) in [6.45, 7) is 3.41. The highest BCUT2D eigenvalue weighted by atomic mass is 32.2. The number of thioether (sulfide) groups is 1. The van der Waals surface area contributed by atoms with Crippen LogP contribution in [0, 0.1) is 17.0 Å². The standard InChI is InChI=1S/C27H16B7F5N4O4S/c1-2-16(44)42-24(28,29)25(30,31)43(27(34,46)26(42,32)33)20-13-6-14(23(37,38)39)17(12-4-3-11(35)5-15(12)36)19-18(13)41(21(45)40-20)7-22(10-48-19)8-47-9-22/h2-6,46H,1,7-10H2. The molecule has 48 heavy (non-hydrogen) atoms. The van der Waals surface area contributed by atoms with E-state index in [-0.39, 0.29) is 45.7 Å². The molecule has 230 valence electrons. The highest BCUT2D eigenvalue weighted by Gasteiger charge is 2.63. The second-order valence-electron chi connectivity index (χ2n) is 12.1. The molecule has 2 saturated heterocycles. The first kappa shape index (κ1) is 34.8. The maximum absolute atomic E-state index is 15.3. The lowest BCUT2D eigenvalue weighted by molar-refractivity contribution is -0.138. The monoisotopic (exact) mass is 664 g/mol. The highest BCUT2D eigenvalue weighted by Crippen LogP contribution is 2.53. The Balaban J connectivity index is 1.78. The zero-order valence-electron chi connectivity index (χ0n) is 24.7. The number of aromatic nitrogens is 2. The van der Waals surface area contributed by atoms with Crippen LogP contribution >= 0.6 is 11.8 Å². The van der Waals surface area contributed by atoms with Crippen molar-refractivity contribution in [2.75, 3.05) is 23.9 Å². The molecule has 21 heteroatoms. The number of carbonyl (C=O) groups excluding carboxylic acids is 1. The third-order valence-corrected chi connectivity index (χ3v) is 10.3. The summed E-state index contributed by atoms with van der Waals surface area (Å²) in [5, 5.41) is 2.23. The lowest BCUT2D eigenvalue weighted by Gasteiger charge is -2.73. The molecular weight excluding hydrogens is 647 g/mol. The number of alkyl halides is 3. The molecule has 1 amide bonds. The molecule has 1 aromatic heterocycles. The molecule has 3 aliphatic rings. The minimum absolute atomic E-state index is 0.0972. The van der Waals surface area contributed by atoms with E-state index in [1.807, 2.05) is 0 Å². The van der Waals surface area contributed by atoms with Crippen LogP contribution in [0.4, 0.5) is 27.8 Å². The second-order valence-corrected chi connectivity index (χ2v) is 13.1. The number of anilines is 1. The number of piperazine rings is 1. The van der Waals surface area contributed by atoms with E-state index in [9.17, 15) is 19.1 Å². The van der Waals surface area contributed by atoms with Gasteiger partial charge in [0.15, 0.2) is 0 Å². The van der Waals surface area contributed by atoms with E-state index in [1.54, 1.807) is 0 Å². The zero-order valence-corrected chi connectivity index (χ0v) is 25.5. The second kappa shape index (κ2) is 10.7. The number of hydrogen-bond donors (Lipinski definition) is 1. The first-order valence-electron chi connectivity index (χ1n) is 13.9. The van der Waals surface area contributed by atoms with Crippen LogP contribution in [-0.4, -0.2) is 121 Å². The van der Waals surface area contributed by atoms with Crippen LogP contribution in [-0.2, 0) is 22.3 Å². The summed E-state index contributed by atoms with van der Waals surface area (Å²) in [5.74, 6) is -4.41. The Kier molecular flexibility index (Phi) is 7.78. The molecule has 2 aromatic carbocycles. The van der Waals surface area contributed by atoms with Gasteiger partial charge in [-0.05, 0) is 35.0 Å². The molecule has 3 aliphatic heterocycles. The Labute approximate surface area is 284 Å². The minimum Gasteiger partial charge on any atom is -0.380 e. The fourth-order valence-electron chi connectivity index (χ4n) is 6.29. The van der Waals surface area contributed by atoms with E-state index >= 15 is 17.6 Å². The fourth-order valence-corrected chi connectivity index (χ4v) is 7.72. The number of aliphatic hydroxyl groups is 1. The molecule has 3 aromatic rings. The number of hydrogen-bond acceptors (Lipinski definition) is 7. The van der Waals surface area contributed by atoms with E-state index in [4.69, 9.17) is 59.7 Å². The Bertz CT molecular complexity index is 1950. The molecule has 8 nitrogen and oxygen atoms in total. The molecule has 6 rings (SSSR count). The highest BCUT2D eigenvalue weighted by molar-refractivity contribution is 7.99. The van der Waals surface area contributed by atoms with Gasteiger partial charge >= 0.3 is 11.9 Å². The van der Waals surface area contributed by atoms with Crippen LogP contribution in [0.25, 0.3) is 22.0 Å². The molecule has 2 fully saturated rings. The van der Waals surface area contributed by atoms with Crippen LogP contribution in [0.15, 0.2) is 46.6 Å². The average Bonchev–Trinajstić information content (AvgIpc) is 3.13. The molecule has 1 spiro atoms. The maximum Gasteiger partial charge on any atom is 0.417 e. The number of nitrogens with zero attached hydrogens (tertiary/aromatic N) is 4. The third kappa shape index (κ3) is 4.69. The van der Waals surface area contributed by atoms with E-state index in [0.29, 0.717) is 18.2 Å². The van der Waals surface area contributed by atoms with E-state index in [2.05, 4.69) is 11.6 Å². The van der Waals surface area contributed by atoms with Crippen molar-refractivity contribution in [1.29, 1.82) is 0 Å². The van der Waals surface area contributed by atoms with Gasteiger partial charge in [-0.25, -0.2) is 13.6 Å². The van der Waals surface area contributed by atoms with Gasteiger partial charge in [0.2, 0.25) is 5.91 Å². The van der Waals surface area contributed by atoms with Gasteiger partial charge in [0, 0.05) is 50.5 Å². The van der Waals surface area contributed by atoms with Crippen molar-refractivity contribution in [2.45, 2.75) is 39.3 Å². The molecular formula is C27H16B7F5N4O4S. The number of carbonyl (C=O) groups is 1. The van der Waals surface area contributed by atoms with Gasteiger partial charge in [-0.15, -0.1) is 11.8 Å². The number of ether oxygens (including phenoxy) is 1. The lowest BCUT2D eigenvalue weighted by Crippen LogP contribution is -2.92. The number of amides is 1. The summed E-state index contributed by atoms with van der Waals surface area (Å²) in [6.07, 6.45) is -4.58. The van der Waals surface area contributed by atoms with Crippen LogP contribution in [0.1, 0.15) is 5.56 Å². The average molecular weight is 663 g/mol. The quantitative estimate of drug-likeness (QED) is 0.242. The minimum atomic E-state index is -5.23. The van der Waals surface area contributed by atoms with Crippen molar-refractivity contribution in [3.63, 3.8) is 0 Å². The summed E-state index contributed by atoms with van der Waals surface area (Å²) < 4.78 is 80.8. The molecule has 1 unspecified atom stereocenters. The van der Waals surface area contributed by atoms with Crippen molar-refractivity contribution in [2.24, 2.45) is 5.41 Å². The number of halogens is 5. The number of benzene rings is 2. The van der Waals surface area contributed by atoms with Crippen molar-refractivity contribution in [3.05, 3.63) is 64.6 Å². The van der Waals surface area contributed by atoms with Gasteiger partial charge in [-0.1, -0.05) is 6.58 Å². The SMILES string of the molecule is [B]C1([B])N(C(=O)C=C)C([B])([B])C([B])(O)N(c2nc(=O)n3c4c(c(-c5ccc(F)cc5F)c(C(F)(F)F)cc24)SCC2(COC2)C3)C1([B])[B]. The largest absolute Gasteiger partial charge is 0.417 e. The van der Waals surface area contributed by atoms with Crippen LogP contribution in [0.2, 0.25) is 0 Å². The Hall–Kier alpha value is -3.04. The van der Waals surface area contributed by atoms with Crippen molar-refractivity contribution in [3.8, 4) is 11.1 Å². The molecule has 0 saturated carbocycles. The summed E-state index contributed by atoms with van der Waals surface area (Å²) in [6, 6.07) is 2.54. The molecule has 4 heterocycles. The predicted molar refractivity (Wildman–Crippen MR) is 173 cm³/mol. The first-order valence-corrected chi connectivity index (χ1v) is 14.9. The van der Waals surface area contributed by atoms with Gasteiger partial charge in [-0.3, -0.25) is 9.36 Å². The Morgan fingerprint density at radius 1 is 1.04 bits per heavy atom. The van der Waals surface area contributed by atoms with Crippen LogP contribution in [0.3, 0.4) is 0 Å². The van der Waals surface area contributed by atoms with Gasteiger partial charge in [0.05, 0.1) is 77.0 Å². The van der Waals surface area contributed by atoms with E-state index in [1.165, 1.54) is 0 Å². The number of rotatable bonds is 3. The van der Waals surface area contributed by atoms with Crippen LogP contribution in [0.5, 0.6) is 0 Å². The summed E-state index contributed by atoms with van der Waals surface area (Å²) in [7, 11) is 43.7. The van der Waals surface area contributed by atoms with Gasteiger partial charge < -0.3 is 19.6 Å². The third-order valence-electron chi connectivity index (χ3n) is 8.83. The topological polar surface area (TPSA) is 87.9 Å². The molecule has 0 aliphatic carbocycles. The fraction of sp³-hybridized carbons (Fsp3) is 0.370. The molecule has 1 atom stereocenters. The first-order chi connectivity index (χ1) is 22.0. The molecule has 14 radical (unpaired) electrons. The maximum atomic E-state index is 15.3. The lowest BCUT2D eigenvalue weighted by atomic mass is 9.30. The summed E-state index contributed by atoms with van der Waals surface area (Å²) in [5.41, 5.74) is -8.31. The van der Waals surface area contributed by atoms with Crippen molar-refractivity contribution < 1.29 is 36.6 Å². The Morgan fingerprint density at radius 2 is 1.69 bits per heavy atom.